The smallest absolute Gasteiger partial charge is 0.0556 e. The fourth-order valence-electron chi connectivity index (χ4n) is 2.13. The van der Waals surface area contributed by atoms with Gasteiger partial charge in [0, 0.05) is 12.6 Å². The number of benzene rings is 1. The normalized spacial score (nSPS) is 17.4. The van der Waals surface area contributed by atoms with Crippen LogP contribution in [-0.2, 0) is 6.42 Å². The molecule has 1 saturated carbocycles. The van der Waals surface area contributed by atoms with E-state index in [2.05, 4.69) is 36.5 Å². The average Bonchev–Trinajstić information content (AvgIpc) is 3.11. The van der Waals surface area contributed by atoms with E-state index in [1.165, 1.54) is 24.0 Å². The molecular formula is C14H21NO. The van der Waals surface area contributed by atoms with E-state index < -0.39 is 0 Å². The highest BCUT2D eigenvalue weighted by Gasteiger charge is 2.30. The second kappa shape index (κ2) is 5.46. The summed E-state index contributed by atoms with van der Waals surface area (Å²) >= 11 is 0. The first-order valence-corrected chi connectivity index (χ1v) is 6.19. The summed E-state index contributed by atoms with van der Waals surface area (Å²) in [6, 6.07) is 9.32. The summed E-state index contributed by atoms with van der Waals surface area (Å²) in [5, 5.41) is 12.3. The Morgan fingerprint density at radius 1 is 1.31 bits per heavy atom. The van der Waals surface area contributed by atoms with Gasteiger partial charge in [-0.05, 0) is 37.7 Å². The maximum atomic E-state index is 8.86. The van der Waals surface area contributed by atoms with Crippen LogP contribution < -0.4 is 5.32 Å². The number of aliphatic hydroxyl groups excluding tert-OH is 1. The molecule has 16 heavy (non-hydrogen) atoms. The lowest BCUT2D eigenvalue weighted by atomic mass is 10.0. The van der Waals surface area contributed by atoms with Crippen LogP contribution in [0.15, 0.2) is 24.3 Å². The molecule has 0 radical (unpaired) electrons. The van der Waals surface area contributed by atoms with Crippen LogP contribution >= 0.6 is 0 Å². The van der Waals surface area contributed by atoms with Crippen LogP contribution in [0.1, 0.15) is 24.0 Å². The van der Waals surface area contributed by atoms with E-state index >= 15 is 0 Å². The van der Waals surface area contributed by atoms with Crippen molar-refractivity contribution in [3.8, 4) is 0 Å². The van der Waals surface area contributed by atoms with E-state index in [1.807, 2.05) is 0 Å². The third kappa shape index (κ3) is 3.32. The number of aliphatic hydroxyl groups is 1. The van der Waals surface area contributed by atoms with Crippen LogP contribution in [0.3, 0.4) is 0 Å². The molecule has 2 rings (SSSR count). The maximum Gasteiger partial charge on any atom is 0.0556 e. The standard InChI is InChI=1S/C14H21NO/c1-11-2-4-12(5-3-11)10-14(13-6-7-13)15-8-9-16/h2-5,13-16H,6-10H2,1H3. The van der Waals surface area contributed by atoms with Gasteiger partial charge in [-0.2, -0.15) is 0 Å². The molecule has 1 aliphatic rings. The number of rotatable bonds is 6. The van der Waals surface area contributed by atoms with Gasteiger partial charge in [0.2, 0.25) is 0 Å². The minimum absolute atomic E-state index is 0.233. The molecule has 1 atom stereocenters. The lowest BCUT2D eigenvalue weighted by Gasteiger charge is -2.17. The summed E-state index contributed by atoms with van der Waals surface area (Å²) in [6.45, 7) is 3.07. The minimum Gasteiger partial charge on any atom is -0.395 e. The van der Waals surface area contributed by atoms with Gasteiger partial charge in [0.1, 0.15) is 0 Å². The monoisotopic (exact) mass is 219 g/mol. The van der Waals surface area contributed by atoms with E-state index in [1.54, 1.807) is 0 Å². The van der Waals surface area contributed by atoms with E-state index in [0.717, 1.165) is 12.3 Å². The Hall–Kier alpha value is -0.860. The van der Waals surface area contributed by atoms with Crippen molar-refractivity contribution >= 4 is 0 Å². The Labute approximate surface area is 97.7 Å². The van der Waals surface area contributed by atoms with Gasteiger partial charge in [-0.3, -0.25) is 0 Å². The first-order valence-electron chi connectivity index (χ1n) is 6.19. The predicted molar refractivity (Wildman–Crippen MR) is 66.5 cm³/mol. The molecular weight excluding hydrogens is 198 g/mol. The molecule has 0 bridgehead atoms. The molecule has 88 valence electrons. The Bertz CT molecular complexity index is 316. The molecule has 1 aliphatic carbocycles. The van der Waals surface area contributed by atoms with Crippen molar-refractivity contribution in [3.05, 3.63) is 35.4 Å². The van der Waals surface area contributed by atoms with Crippen LogP contribution in [0, 0.1) is 12.8 Å². The SMILES string of the molecule is Cc1ccc(CC(NCCO)C2CC2)cc1. The molecule has 1 fully saturated rings. The number of nitrogens with one attached hydrogen (secondary N) is 1. The summed E-state index contributed by atoms with van der Waals surface area (Å²) < 4.78 is 0. The third-order valence-electron chi connectivity index (χ3n) is 3.29. The van der Waals surface area contributed by atoms with Crippen LogP contribution in [-0.4, -0.2) is 24.3 Å². The van der Waals surface area contributed by atoms with Gasteiger partial charge in [-0.1, -0.05) is 29.8 Å². The van der Waals surface area contributed by atoms with Crippen molar-refractivity contribution in [3.63, 3.8) is 0 Å². The molecule has 0 amide bonds. The van der Waals surface area contributed by atoms with Gasteiger partial charge < -0.3 is 10.4 Å². The van der Waals surface area contributed by atoms with E-state index in [9.17, 15) is 0 Å². The Morgan fingerprint density at radius 3 is 2.56 bits per heavy atom. The maximum absolute atomic E-state index is 8.86. The van der Waals surface area contributed by atoms with Crippen LogP contribution in [0.25, 0.3) is 0 Å². The van der Waals surface area contributed by atoms with Crippen molar-refractivity contribution < 1.29 is 5.11 Å². The molecule has 2 N–H and O–H groups in total. The highest BCUT2D eigenvalue weighted by atomic mass is 16.3. The second-order valence-corrected chi connectivity index (χ2v) is 4.81. The number of hydrogen-bond acceptors (Lipinski definition) is 2. The van der Waals surface area contributed by atoms with Gasteiger partial charge in [0.25, 0.3) is 0 Å². The molecule has 0 heterocycles. The molecule has 2 heteroatoms. The zero-order chi connectivity index (χ0) is 11.4. The van der Waals surface area contributed by atoms with Crippen LogP contribution in [0.4, 0.5) is 0 Å². The minimum atomic E-state index is 0.233. The van der Waals surface area contributed by atoms with Gasteiger partial charge in [-0.25, -0.2) is 0 Å². The first kappa shape index (κ1) is 11.6. The van der Waals surface area contributed by atoms with Gasteiger partial charge in [0.05, 0.1) is 6.61 Å². The van der Waals surface area contributed by atoms with Gasteiger partial charge in [-0.15, -0.1) is 0 Å². The summed E-state index contributed by atoms with van der Waals surface area (Å²) in [7, 11) is 0. The highest BCUT2D eigenvalue weighted by molar-refractivity contribution is 5.22. The first-order chi connectivity index (χ1) is 7.79. The van der Waals surface area contributed by atoms with Crippen molar-refractivity contribution in [2.24, 2.45) is 5.92 Å². The van der Waals surface area contributed by atoms with Crippen molar-refractivity contribution in [1.82, 2.24) is 5.32 Å². The lowest BCUT2D eigenvalue weighted by molar-refractivity contribution is 0.279. The van der Waals surface area contributed by atoms with E-state index in [-0.39, 0.29) is 6.61 Å². The molecule has 2 nitrogen and oxygen atoms in total. The molecule has 0 aromatic heterocycles. The Morgan fingerprint density at radius 2 is 2.00 bits per heavy atom. The van der Waals surface area contributed by atoms with Crippen molar-refractivity contribution in [2.45, 2.75) is 32.2 Å². The van der Waals surface area contributed by atoms with Crippen LogP contribution in [0.2, 0.25) is 0 Å². The van der Waals surface area contributed by atoms with Crippen LogP contribution in [0.5, 0.6) is 0 Å². The molecule has 1 unspecified atom stereocenters. The Kier molecular flexibility index (Phi) is 3.97. The largest absolute Gasteiger partial charge is 0.395 e. The molecule has 0 spiro atoms. The average molecular weight is 219 g/mol. The molecule has 1 aromatic rings. The Balaban J connectivity index is 1.91. The molecule has 1 aromatic carbocycles. The van der Waals surface area contributed by atoms with E-state index in [0.29, 0.717) is 12.6 Å². The summed E-state index contributed by atoms with van der Waals surface area (Å²) in [5.74, 6) is 0.827. The summed E-state index contributed by atoms with van der Waals surface area (Å²) in [6.07, 6.45) is 3.77. The number of hydrogen-bond donors (Lipinski definition) is 2. The quantitative estimate of drug-likeness (QED) is 0.766. The van der Waals surface area contributed by atoms with Gasteiger partial charge in [0.15, 0.2) is 0 Å². The van der Waals surface area contributed by atoms with E-state index in [4.69, 9.17) is 5.11 Å². The fourth-order valence-corrected chi connectivity index (χ4v) is 2.13. The second-order valence-electron chi connectivity index (χ2n) is 4.81. The third-order valence-corrected chi connectivity index (χ3v) is 3.29. The lowest BCUT2D eigenvalue weighted by Crippen LogP contribution is -2.35. The van der Waals surface area contributed by atoms with Crippen molar-refractivity contribution in [2.75, 3.05) is 13.2 Å². The topological polar surface area (TPSA) is 32.3 Å². The fraction of sp³-hybridized carbons (Fsp3) is 0.571. The zero-order valence-corrected chi connectivity index (χ0v) is 9.95. The highest BCUT2D eigenvalue weighted by Crippen LogP contribution is 2.34. The van der Waals surface area contributed by atoms with Gasteiger partial charge >= 0.3 is 0 Å². The van der Waals surface area contributed by atoms with Crippen molar-refractivity contribution in [1.29, 1.82) is 0 Å². The summed E-state index contributed by atoms with van der Waals surface area (Å²) in [4.78, 5) is 0. The molecule has 0 saturated heterocycles. The summed E-state index contributed by atoms with van der Waals surface area (Å²) in [5.41, 5.74) is 2.71. The zero-order valence-electron chi connectivity index (χ0n) is 9.95. The molecule has 0 aliphatic heterocycles. The number of aryl methyl sites for hydroxylation is 1. The predicted octanol–water partition coefficient (Wildman–Crippen LogP) is 1.90.